The summed E-state index contributed by atoms with van der Waals surface area (Å²) in [5.41, 5.74) is 13.8. The van der Waals surface area contributed by atoms with Crippen LogP contribution in [0.25, 0.3) is 0 Å². The minimum Gasteiger partial charge on any atom is -0.404 e. The second-order valence-corrected chi connectivity index (χ2v) is 7.75. The van der Waals surface area contributed by atoms with E-state index in [4.69, 9.17) is 16.9 Å². The minimum atomic E-state index is -0.497. The molecule has 1 fully saturated rings. The molecule has 5 N–H and O–H groups in total. The number of allylic oxidation sites excluding steroid dienone is 6. The Morgan fingerprint density at radius 2 is 2.16 bits per heavy atom. The molecular formula is C22H29FN8. The van der Waals surface area contributed by atoms with Crippen molar-refractivity contribution in [2.45, 2.75) is 18.9 Å². The van der Waals surface area contributed by atoms with Crippen LogP contribution in [0.3, 0.4) is 0 Å². The first kappa shape index (κ1) is 22.4. The van der Waals surface area contributed by atoms with Crippen molar-refractivity contribution in [2.24, 2.45) is 16.5 Å². The van der Waals surface area contributed by atoms with Crippen LogP contribution in [0.5, 0.6) is 0 Å². The molecule has 31 heavy (non-hydrogen) atoms. The number of hydrogen-bond donors (Lipinski definition) is 3. The van der Waals surface area contributed by atoms with Gasteiger partial charge in [-0.2, -0.15) is 0 Å². The van der Waals surface area contributed by atoms with Crippen LogP contribution >= 0.6 is 0 Å². The highest BCUT2D eigenvalue weighted by atomic mass is 19.1. The van der Waals surface area contributed by atoms with Crippen LogP contribution < -0.4 is 16.4 Å². The molecule has 0 radical (unpaired) electrons. The smallest absolute Gasteiger partial charge is 0.132 e. The van der Waals surface area contributed by atoms with Crippen LogP contribution in [0.15, 0.2) is 64.0 Å². The maximum absolute atomic E-state index is 14.8. The van der Waals surface area contributed by atoms with Gasteiger partial charge in [0.05, 0.1) is 11.4 Å². The van der Waals surface area contributed by atoms with Crippen LogP contribution in [0, 0.1) is 5.41 Å². The van der Waals surface area contributed by atoms with Crippen LogP contribution in [0.2, 0.25) is 0 Å². The van der Waals surface area contributed by atoms with E-state index in [0.29, 0.717) is 28.5 Å². The van der Waals surface area contributed by atoms with E-state index in [9.17, 15) is 4.39 Å². The number of aromatic nitrogens is 2. The van der Waals surface area contributed by atoms with Crippen LogP contribution in [-0.2, 0) is 0 Å². The van der Waals surface area contributed by atoms with Gasteiger partial charge in [0.1, 0.15) is 18.0 Å². The van der Waals surface area contributed by atoms with E-state index >= 15 is 0 Å². The van der Waals surface area contributed by atoms with Gasteiger partial charge in [-0.15, -0.1) is 0 Å². The molecule has 1 saturated heterocycles. The lowest BCUT2D eigenvalue weighted by atomic mass is 10.0. The van der Waals surface area contributed by atoms with E-state index in [0.717, 1.165) is 25.3 Å². The summed E-state index contributed by atoms with van der Waals surface area (Å²) in [6.45, 7) is 1.76. The zero-order valence-corrected chi connectivity index (χ0v) is 18.1. The van der Waals surface area contributed by atoms with Gasteiger partial charge >= 0.3 is 0 Å². The predicted molar refractivity (Wildman–Crippen MR) is 123 cm³/mol. The van der Waals surface area contributed by atoms with Gasteiger partial charge in [0.25, 0.3) is 0 Å². The van der Waals surface area contributed by atoms with Gasteiger partial charge in [-0.3, -0.25) is 10.4 Å². The number of aliphatic imine (C=N–C) groups is 1. The number of nitrogens with zero attached hydrogens (tertiary/aromatic N) is 5. The lowest BCUT2D eigenvalue weighted by Crippen LogP contribution is -2.31. The van der Waals surface area contributed by atoms with Crippen LogP contribution in [-0.4, -0.2) is 67.1 Å². The highest BCUT2D eigenvalue weighted by Gasteiger charge is 2.26. The first-order valence-electron chi connectivity index (χ1n) is 10.1. The van der Waals surface area contributed by atoms with E-state index in [-0.39, 0.29) is 17.8 Å². The van der Waals surface area contributed by atoms with Crippen molar-refractivity contribution in [1.29, 1.82) is 5.41 Å². The summed E-state index contributed by atoms with van der Waals surface area (Å²) < 4.78 is 14.8. The molecule has 1 aromatic heterocycles. The lowest BCUT2D eigenvalue weighted by Gasteiger charge is -2.21. The zero-order chi connectivity index (χ0) is 22.5. The molecule has 0 bridgehead atoms. The van der Waals surface area contributed by atoms with Crippen molar-refractivity contribution < 1.29 is 4.39 Å². The van der Waals surface area contributed by atoms with E-state index in [1.165, 1.54) is 24.8 Å². The molecule has 1 aromatic rings. The van der Waals surface area contributed by atoms with Gasteiger partial charge in [0, 0.05) is 67.1 Å². The molecule has 0 saturated carbocycles. The molecule has 164 valence electrons. The predicted octanol–water partition coefficient (Wildman–Crippen LogP) is 1.92. The number of likely N-dealkylation sites (N-methyl/N-ethyl adjacent to an activating group) is 1. The number of nitrogens with two attached hydrogens (primary N) is 2. The average molecular weight is 425 g/mol. The molecule has 0 aromatic carbocycles. The monoisotopic (exact) mass is 424 g/mol. The summed E-state index contributed by atoms with van der Waals surface area (Å²) in [4.78, 5) is 17.0. The van der Waals surface area contributed by atoms with Crippen molar-refractivity contribution in [3.05, 3.63) is 64.7 Å². The Morgan fingerprint density at radius 3 is 2.81 bits per heavy atom. The van der Waals surface area contributed by atoms with Crippen molar-refractivity contribution in [3.63, 3.8) is 0 Å². The Balaban J connectivity index is 1.85. The Kier molecular flexibility index (Phi) is 6.96. The molecule has 0 unspecified atom stereocenters. The quantitative estimate of drug-likeness (QED) is 0.600. The molecule has 9 heteroatoms. The number of nitrogens with one attached hydrogen (secondary N) is 1. The maximum atomic E-state index is 14.8. The summed E-state index contributed by atoms with van der Waals surface area (Å²) in [5, 5.41) is 8.68. The fourth-order valence-electron chi connectivity index (χ4n) is 3.75. The third-order valence-electron chi connectivity index (χ3n) is 5.58. The molecule has 3 rings (SSSR count). The summed E-state index contributed by atoms with van der Waals surface area (Å²) in [6, 6.07) is 2.25. The SMILES string of the molecule is CN=CC(=CN)C1=C(F)C=C(N)C(C(=N)c2cc(N3CC[C@@H](N(C)C)C3)ncn2)=CC1. The lowest BCUT2D eigenvalue weighted by molar-refractivity contribution is 0.315. The zero-order valence-electron chi connectivity index (χ0n) is 18.1. The van der Waals surface area contributed by atoms with Crippen molar-refractivity contribution >= 4 is 17.7 Å². The van der Waals surface area contributed by atoms with Crippen molar-refractivity contribution in [1.82, 2.24) is 14.9 Å². The van der Waals surface area contributed by atoms with Gasteiger partial charge in [-0.25, -0.2) is 14.4 Å². The first-order chi connectivity index (χ1) is 14.8. The molecule has 8 nitrogen and oxygen atoms in total. The first-order valence-corrected chi connectivity index (χ1v) is 10.1. The van der Waals surface area contributed by atoms with E-state index < -0.39 is 5.83 Å². The molecule has 1 atom stereocenters. The molecule has 1 aliphatic heterocycles. The number of anilines is 1. The number of halogens is 1. The van der Waals surface area contributed by atoms with E-state index in [1.807, 2.05) is 0 Å². The van der Waals surface area contributed by atoms with E-state index in [1.54, 1.807) is 19.2 Å². The van der Waals surface area contributed by atoms with Crippen molar-refractivity contribution in [2.75, 3.05) is 39.1 Å². The second kappa shape index (κ2) is 9.65. The molecule has 2 aliphatic rings. The van der Waals surface area contributed by atoms with Gasteiger partial charge in [-0.05, 0) is 33.0 Å². The number of rotatable bonds is 6. The fourth-order valence-corrected chi connectivity index (χ4v) is 3.75. The Labute approximate surface area is 182 Å². The summed E-state index contributed by atoms with van der Waals surface area (Å²) in [7, 11) is 5.73. The summed E-state index contributed by atoms with van der Waals surface area (Å²) >= 11 is 0. The van der Waals surface area contributed by atoms with Gasteiger partial charge in [0.2, 0.25) is 0 Å². The third-order valence-corrected chi connectivity index (χ3v) is 5.58. The maximum Gasteiger partial charge on any atom is 0.132 e. The topological polar surface area (TPSA) is 121 Å². The molecule has 1 aliphatic carbocycles. The van der Waals surface area contributed by atoms with Crippen LogP contribution in [0.1, 0.15) is 18.5 Å². The highest BCUT2D eigenvalue weighted by molar-refractivity contribution is 6.12. The van der Waals surface area contributed by atoms with Gasteiger partial charge < -0.3 is 21.3 Å². The molecule has 0 amide bonds. The average Bonchev–Trinajstić information content (AvgIpc) is 3.20. The van der Waals surface area contributed by atoms with E-state index in [2.05, 4.69) is 38.9 Å². The van der Waals surface area contributed by atoms with Crippen LogP contribution in [0.4, 0.5) is 10.2 Å². The Bertz CT molecular complexity index is 1000. The third kappa shape index (κ3) is 4.88. The minimum absolute atomic E-state index is 0.122. The Morgan fingerprint density at radius 1 is 1.39 bits per heavy atom. The standard InChI is InChI=1S/C22H29FN8/c1-27-11-14(10-24)16-4-5-17(19(25)8-18(16)23)22(26)20-9-21(29-13-28-20)31-7-6-15(12-31)30(2)3/h5,8-11,13,15,26H,4,6-7,12,24-25H2,1-3H3/t15-/m1/s1. The molecule has 2 heterocycles. The molecular weight excluding hydrogens is 395 g/mol. The fraction of sp³-hybridized carbons (Fsp3) is 0.364. The second-order valence-electron chi connectivity index (χ2n) is 7.75. The van der Waals surface area contributed by atoms with Gasteiger partial charge in [0.15, 0.2) is 0 Å². The molecule has 0 spiro atoms. The van der Waals surface area contributed by atoms with Gasteiger partial charge in [-0.1, -0.05) is 6.08 Å². The largest absolute Gasteiger partial charge is 0.404 e. The highest BCUT2D eigenvalue weighted by Crippen LogP contribution is 2.28. The van der Waals surface area contributed by atoms with Crippen molar-refractivity contribution in [3.8, 4) is 0 Å². The summed E-state index contributed by atoms with van der Waals surface area (Å²) in [6.07, 6.45) is 8.49. The summed E-state index contributed by atoms with van der Waals surface area (Å²) in [5.74, 6) is 0.275. The Hall–Kier alpha value is -3.33. The number of hydrogen-bond acceptors (Lipinski definition) is 8. The normalized spacial score (nSPS) is 20.4.